The minimum Gasteiger partial charge on any atom is -0.467 e. The van der Waals surface area contributed by atoms with E-state index in [4.69, 9.17) is 14.4 Å². The maximum Gasteiger partial charge on any atom is 0.263 e. The van der Waals surface area contributed by atoms with Crippen LogP contribution in [0.3, 0.4) is 0 Å². The van der Waals surface area contributed by atoms with Crippen LogP contribution in [0.15, 0.2) is 34.6 Å². The minimum absolute atomic E-state index is 0.0117. The van der Waals surface area contributed by atoms with Crippen molar-refractivity contribution < 1.29 is 13.9 Å². The number of hydrogen-bond donors (Lipinski definition) is 2. The first-order valence-electron chi connectivity index (χ1n) is 5.41. The molecule has 0 saturated heterocycles. The minimum atomic E-state index is -0.429. The molecular weight excluding hydrogens is 234 g/mol. The molecule has 2 N–H and O–H groups in total. The van der Waals surface area contributed by atoms with Crippen molar-refractivity contribution in [1.82, 2.24) is 10.6 Å². The van der Waals surface area contributed by atoms with Gasteiger partial charge in [0.05, 0.1) is 19.4 Å². The maximum atomic E-state index is 11.5. The zero-order valence-electron chi connectivity index (χ0n) is 10.1. The van der Waals surface area contributed by atoms with Gasteiger partial charge in [0.15, 0.2) is 0 Å². The van der Waals surface area contributed by atoms with Crippen molar-refractivity contribution in [1.29, 1.82) is 5.26 Å². The topological polar surface area (TPSA) is 87.3 Å². The second-order valence-corrected chi connectivity index (χ2v) is 3.38. The maximum absolute atomic E-state index is 11.5. The fourth-order valence-corrected chi connectivity index (χ4v) is 1.18. The van der Waals surface area contributed by atoms with Gasteiger partial charge in [0, 0.05) is 19.9 Å². The van der Waals surface area contributed by atoms with Crippen LogP contribution in [0.4, 0.5) is 0 Å². The molecule has 0 bridgehead atoms. The number of nitriles is 1. The number of carbonyl (C=O) groups excluding carboxylic acids is 1. The predicted octanol–water partition coefficient (Wildman–Crippen LogP) is 0.539. The van der Waals surface area contributed by atoms with Gasteiger partial charge in [-0.15, -0.1) is 0 Å². The molecule has 0 aromatic carbocycles. The van der Waals surface area contributed by atoms with Crippen LogP contribution in [0.1, 0.15) is 5.76 Å². The van der Waals surface area contributed by atoms with Gasteiger partial charge in [-0.3, -0.25) is 4.79 Å². The largest absolute Gasteiger partial charge is 0.467 e. The summed E-state index contributed by atoms with van der Waals surface area (Å²) >= 11 is 0. The number of furan rings is 1. The third kappa shape index (κ3) is 4.72. The molecule has 0 unspecified atom stereocenters. The van der Waals surface area contributed by atoms with Crippen molar-refractivity contribution in [3.05, 3.63) is 35.9 Å². The molecule has 96 valence electrons. The zero-order valence-corrected chi connectivity index (χ0v) is 10.1. The lowest BCUT2D eigenvalue weighted by molar-refractivity contribution is -0.117. The quantitative estimate of drug-likeness (QED) is 0.418. The molecule has 0 spiro atoms. The van der Waals surface area contributed by atoms with Crippen LogP contribution >= 0.6 is 0 Å². The molecule has 0 atom stereocenters. The van der Waals surface area contributed by atoms with E-state index in [1.807, 2.05) is 6.07 Å². The molecule has 0 radical (unpaired) electrons. The van der Waals surface area contributed by atoms with Crippen molar-refractivity contribution in [2.75, 3.05) is 20.3 Å². The predicted molar refractivity (Wildman–Crippen MR) is 64.1 cm³/mol. The van der Waals surface area contributed by atoms with Gasteiger partial charge in [-0.05, 0) is 12.1 Å². The van der Waals surface area contributed by atoms with Crippen molar-refractivity contribution in [2.24, 2.45) is 0 Å². The molecule has 1 rings (SSSR count). The molecule has 0 aliphatic rings. The highest BCUT2D eigenvalue weighted by Gasteiger charge is 2.07. The highest BCUT2D eigenvalue weighted by atomic mass is 16.5. The van der Waals surface area contributed by atoms with E-state index in [2.05, 4.69) is 10.6 Å². The number of ether oxygens (including phenoxy) is 1. The summed E-state index contributed by atoms with van der Waals surface area (Å²) in [6.07, 6.45) is 2.92. The van der Waals surface area contributed by atoms with E-state index in [-0.39, 0.29) is 5.57 Å². The summed E-state index contributed by atoms with van der Waals surface area (Å²) < 4.78 is 9.89. The summed E-state index contributed by atoms with van der Waals surface area (Å²) in [6.45, 7) is 1.19. The van der Waals surface area contributed by atoms with Gasteiger partial charge >= 0.3 is 0 Å². The molecule has 0 aliphatic heterocycles. The van der Waals surface area contributed by atoms with Gasteiger partial charge in [-0.1, -0.05) is 0 Å². The SMILES string of the molecule is COCCNC(=O)/C(C#N)=C\NCc1ccco1. The summed E-state index contributed by atoms with van der Waals surface area (Å²) in [4.78, 5) is 11.5. The first-order valence-corrected chi connectivity index (χ1v) is 5.41. The Hall–Kier alpha value is -2.26. The zero-order chi connectivity index (χ0) is 13.2. The van der Waals surface area contributed by atoms with E-state index in [0.29, 0.717) is 19.7 Å². The van der Waals surface area contributed by atoms with Gasteiger partial charge in [0.25, 0.3) is 5.91 Å². The van der Waals surface area contributed by atoms with Crippen LogP contribution < -0.4 is 10.6 Å². The number of carbonyl (C=O) groups is 1. The molecule has 6 heteroatoms. The Bertz CT molecular complexity index is 432. The second-order valence-electron chi connectivity index (χ2n) is 3.38. The number of nitrogens with zero attached hydrogens (tertiary/aromatic N) is 1. The first-order chi connectivity index (χ1) is 8.77. The fraction of sp³-hybridized carbons (Fsp3) is 0.333. The van der Waals surface area contributed by atoms with Gasteiger partial charge in [0.2, 0.25) is 0 Å². The Morgan fingerprint density at radius 3 is 3.11 bits per heavy atom. The molecule has 1 amide bonds. The Kier molecular flexibility index (Phi) is 6.08. The lowest BCUT2D eigenvalue weighted by atomic mass is 10.3. The van der Waals surface area contributed by atoms with E-state index in [9.17, 15) is 4.79 Å². The summed E-state index contributed by atoms with van der Waals surface area (Å²) in [5.41, 5.74) is 0.0117. The van der Waals surface area contributed by atoms with Gasteiger partial charge in [0.1, 0.15) is 17.4 Å². The average molecular weight is 249 g/mol. The normalized spacial score (nSPS) is 10.8. The Labute approximate surface area is 105 Å². The van der Waals surface area contributed by atoms with Crippen molar-refractivity contribution >= 4 is 5.91 Å². The van der Waals surface area contributed by atoms with E-state index in [0.717, 1.165) is 5.76 Å². The van der Waals surface area contributed by atoms with Crippen LogP contribution in [0.5, 0.6) is 0 Å². The molecule has 18 heavy (non-hydrogen) atoms. The monoisotopic (exact) mass is 249 g/mol. The summed E-state index contributed by atoms with van der Waals surface area (Å²) in [6, 6.07) is 5.39. The molecule has 6 nitrogen and oxygen atoms in total. The van der Waals surface area contributed by atoms with Gasteiger partial charge in [-0.2, -0.15) is 5.26 Å². The van der Waals surface area contributed by atoms with E-state index in [1.165, 1.54) is 13.3 Å². The van der Waals surface area contributed by atoms with Crippen molar-refractivity contribution in [2.45, 2.75) is 6.54 Å². The number of amides is 1. The fourth-order valence-electron chi connectivity index (χ4n) is 1.18. The van der Waals surface area contributed by atoms with Crippen LogP contribution in [0.25, 0.3) is 0 Å². The number of rotatable bonds is 7. The van der Waals surface area contributed by atoms with Crippen LogP contribution in [-0.2, 0) is 16.1 Å². The number of nitrogens with one attached hydrogen (secondary N) is 2. The van der Waals surface area contributed by atoms with Crippen molar-refractivity contribution in [3.8, 4) is 6.07 Å². The highest BCUT2D eigenvalue weighted by Crippen LogP contribution is 1.99. The first kappa shape index (κ1) is 13.8. The van der Waals surface area contributed by atoms with E-state index in [1.54, 1.807) is 18.4 Å². The molecular formula is C12H15N3O3. The number of methoxy groups -OCH3 is 1. The number of hydrogen-bond acceptors (Lipinski definition) is 5. The van der Waals surface area contributed by atoms with Gasteiger partial charge < -0.3 is 19.8 Å². The summed E-state index contributed by atoms with van der Waals surface area (Å²) in [5, 5.41) is 14.2. The van der Waals surface area contributed by atoms with Gasteiger partial charge in [-0.25, -0.2) is 0 Å². The van der Waals surface area contributed by atoms with E-state index < -0.39 is 5.91 Å². The van der Waals surface area contributed by atoms with Crippen LogP contribution in [0.2, 0.25) is 0 Å². The Balaban J connectivity index is 2.39. The van der Waals surface area contributed by atoms with E-state index >= 15 is 0 Å². The Morgan fingerprint density at radius 1 is 1.67 bits per heavy atom. The third-order valence-electron chi connectivity index (χ3n) is 2.06. The summed E-state index contributed by atoms with van der Waals surface area (Å²) in [5.74, 6) is 0.296. The standard InChI is InChI=1S/C12H15N3O3/c1-17-6-4-15-12(16)10(7-13)8-14-9-11-3-2-5-18-11/h2-3,5,8,14H,4,6,9H2,1H3,(H,15,16)/b10-8-. The molecule has 1 aromatic rings. The van der Waals surface area contributed by atoms with Crippen LogP contribution in [-0.4, -0.2) is 26.2 Å². The van der Waals surface area contributed by atoms with Crippen molar-refractivity contribution in [3.63, 3.8) is 0 Å². The molecule has 0 saturated carbocycles. The van der Waals surface area contributed by atoms with Crippen LogP contribution in [0, 0.1) is 11.3 Å². The third-order valence-corrected chi connectivity index (χ3v) is 2.06. The summed E-state index contributed by atoms with van der Waals surface area (Å²) in [7, 11) is 1.54. The second kappa shape index (κ2) is 7.92. The lowest BCUT2D eigenvalue weighted by Gasteiger charge is -2.03. The Morgan fingerprint density at radius 2 is 2.50 bits per heavy atom. The lowest BCUT2D eigenvalue weighted by Crippen LogP contribution is -2.28. The highest BCUT2D eigenvalue weighted by molar-refractivity contribution is 5.97. The molecule has 1 aromatic heterocycles. The molecule has 0 fully saturated rings. The average Bonchev–Trinajstić information content (AvgIpc) is 2.88. The smallest absolute Gasteiger partial charge is 0.263 e. The molecule has 0 aliphatic carbocycles. The molecule has 1 heterocycles.